The van der Waals surface area contributed by atoms with E-state index >= 15 is 0 Å². The van der Waals surface area contributed by atoms with E-state index in [9.17, 15) is 4.79 Å². The first-order chi connectivity index (χ1) is 14.6. The Kier molecular flexibility index (Phi) is 8.04. The zero-order valence-corrected chi connectivity index (χ0v) is 18.5. The lowest BCUT2D eigenvalue weighted by atomic mass is 10.1. The number of hydrogen-bond acceptors (Lipinski definition) is 7. The number of amides is 1. The van der Waals surface area contributed by atoms with E-state index in [0.29, 0.717) is 31.8 Å². The van der Waals surface area contributed by atoms with Crippen molar-refractivity contribution in [2.75, 3.05) is 37.9 Å². The van der Waals surface area contributed by atoms with E-state index in [0.717, 1.165) is 39.7 Å². The van der Waals surface area contributed by atoms with Gasteiger partial charge in [-0.3, -0.25) is 4.79 Å². The Morgan fingerprint density at radius 3 is 2.83 bits per heavy atom. The number of rotatable bonds is 11. The molecule has 8 nitrogen and oxygen atoms in total. The minimum Gasteiger partial charge on any atom is -0.383 e. The van der Waals surface area contributed by atoms with Gasteiger partial charge in [0.15, 0.2) is 10.8 Å². The monoisotopic (exact) mass is 428 g/mol. The van der Waals surface area contributed by atoms with Crippen LogP contribution >= 0.6 is 11.8 Å². The van der Waals surface area contributed by atoms with Gasteiger partial charge >= 0.3 is 0 Å². The predicted molar refractivity (Wildman–Crippen MR) is 120 cm³/mol. The highest BCUT2D eigenvalue weighted by molar-refractivity contribution is 7.99. The van der Waals surface area contributed by atoms with Crippen LogP contribution in [0.4, 0.5) is 5.82 Å². The standard InChI is InChI=1S/C21H28N6O2S/c1-4-13-30-21-25-18(22-10-12-29-3)17-14-24-27(19(17)26-21)11-9-23-20(28)16-8-6-5-7-15(16)2/h5-8,14H,4,9-13H2,1-3H3,(H,23,28)(H,22,25,26). The van der Waals surface area contributed by atoms with Gasteiger partial charge in [-0.15, -0.1) is 0 Å². The van der Waals surface area contributed by atoms with Gasteiger partial charge in [0.05, 0.1) is 24.7 Å². The molecule has 30 heavy (non-hydrogen) atoms. The van der Waals surface area contributed by atoms with Crippen molar-refractivity contribution in [1.29, 1.82) is 0 Å². The van der Waals surface area contributed by atoms with E-state index in [1.807, 2.05) is 35.9 Å². The quantitative estimate of drug-likeness (QED) is 0.275. The molecule has 0 saturated carbocycles. The van der Waals surface area contributed by atoms with Gasteiger partial charge in [-0.2, -0.15) is 5.10 Å². The molecule has 0 spiro atoms. The van der Waals surface area contributed by atoms with Gasteiger partial charge in [0.25, 0.3) is 5.91 Å². The van der Waals surface area contributed by atoms with Crippen LogP contribution in [0.3, 0.4) is 0 Å². The fourth-order valence-electron chi connectivity index (χ4n) is 2.96. The van der Waals surface area contributed by atoms with Gasteiger partial charge in [-0.05, 0) is 25.0 Å². The normalized spacial score (nSPS) is 11.0. The lowest BCUT2D eigenvalue weighted by Gasteiger charge is -2.10. The Bertz CT molecular complexity index is 991. The average Bonchev–Trinajstić information content (AvgIpc) is 3.15. The van der Waals surface area contributed by atoms with Gasteiger partial charge < -0.3 is 15.4 Å². The van der Waals surface area contributed by atoms with E-state index in [4.69, 9.17) is 9.72 Å². The molecular weight excluding hydrogens is 400 g/mol. The molecule has 2 aromatic heterocycles. The number of carbonyl (C=O) groups is 1. The number of aryl methyl sites for hydroxylation is 1. The summed E-state index contributed by atoms with van der Waals surface area (Å²) in [7, 11) is 1.67. The summed E-state index contributed by atoms with van der Waals surface area (Å²) in [6.07, 6.45) is 2.81. The summed E-state index contributed by atoms with van der Waals surface area (Å²) in [5.41, 5.74) is 2.40. The molecule has 2 N–H and O–H groups in total. The SMILES string of the molecule is CCCSc1nc(NCCOC)c2cnn(CCNC(=O)c3ccccc3C)c2n1. The first-order valence-corrected chi connectivity index (χ1v) is 11.1. The predicted octanol–water partition coefficient (Wildman–Crippen LogP) is 3.13. The largest absolute Gasteiger partial charge is 0.383 e. The highest BCUT2D eigenvalue weighted by Crippen LogP contribution is 2.24. The number of methoxy groups -OCH3 is 1. The molecule has 0 aliphatic rings. The maximum atomic E-state index is 12.4. The third-order valence-electron chi connectivity index (χ3n) is 4.51. The maximum Gasteiger partial charge on any atom is 0.251 e. The number of ether oxygens (including phenoxy) is 1. The number of carbonyl (C=O) groups excluding carboxylic acids is 1. The van der Waals surface area contributed by atoms with Gasteiger partial charge in [0.1, 0.15) is 5.82 Å². The highest BCUT2D eigenvalue weighted by Gasteiger charge is 2.14. The molecule has 0 atom stereocenters. The van der Waals surface area contributed by atoms with Crippen molar-refractivity contribution in [3.63, 3.8) is 0 Å². The summed E-state index contributed by atoms with van der Waals surface area (Å²) in [4.78, 5) is 21.8. The zero-order chi connectivity index (χ0) is 21.3. The molecule has 0 bridgehead atoms. The second-order valence-corrected chi connectivity index (χ2v) is 7.86. The molecule has 0 radical (unpaired) electrons. The van der Waals surface area contributed by atoms with Crippen LogP contribution in [0.2, 0.25) is 0 Å². The van der Waals surface area contributed by atoms with Gasteiger partial charge in [-0.25, -0.2) is 14.6 Å². The molecule has 2 heterocycles. The van der Waals surface area contributed by atoms with Crippen LogP contribution in [0.5, 0.6) is 0 Å². The number of nitrogens with zero attached hydrogens (tertiary/aromatic N) is 4. The number of fused-ring (bicyclic) bond motifs is 1. The van der Waals surface area contributed by atoms with E-state index in [-0.39, 0.29) is 5.91 Å². The Balaban J connectivity index is 1.74. The zero-order valence-electron chi connectivity index (χ0n) is 17.6. The van der Waals surface area contributed by atoms with Crippen molar-refractivity contribution in [3.05, 3.63) is 41.6 Å². The Morgan fingerprint density at radius 1 is 1.23 bits per heavy atom. The van der Waals surface area contributed by atoms with E-state index in [1.54, 1.807) is 25.1 Å². The van der Waals surface area contributed by atoms with Crippen molar-refractivity contribution in [2.24, 2.45) is 0 Å². The number of hydrogen-bond donors (Lipinski definition) is 2. The molecule has 0 saturated heterocycles. The lowest BCUT2D eigenvalue weighted by molar-refractivity contribution is 0.0951. The number of thioether (sulfide) groups is 1. The van der Waals surface area contributed by atoms with Crippen LogP contribution in [0.25, 0.3) is 11.0 Å². The van der Waals surface area contributed by atoms with Crippen molar-refractivity contribution < 1.29 is 9.53 Å². The van der Waals surface area contributed by atoms with Gasteiger partial charge in [-0.1, -0.05) is 36.9 Å². The van der Waals surface area contributed by atoms with Gasteiger partial charge in [0, 0.05) is 31.5 Å². The van der Waals surface area contributed by atoms with Crippen LogP contribution in [-0.4, -0.2) is 58.2 Å². The summed E-state index contributed by atoms with van der Waals surface area (Å²) in [5.74, 6) is 1.62. The minimum absolute atomic E-state index is 0.0831. The summed E-state index contributed by atoms with van der Waals surface area (Å²) in [6, 6.07) is 7.55. The van der Waals surface area contributed by atoms with E-state index < -0.39 is 0 Å². The van der Waals surface area contributed by atoms with Crippen molar-refractivity contribution in [3.8, 4) is 0 Å². The lowest BCUT2D eigenvalue weighted by Crippen LogP contribution is -2.28. The number of benzene rings is 1. The second-order valence-electron chi connectivity index (χ2n) is 6.80. The van der Waals surface area contributed by atoms with Crippen LogP contribution in [-0.2, 0) is 11.3 Å². The van der Waals surface area contributed by atoms with Crippen molar-refractivity contribution in [1.82, 2.24) is 25.1 Å². The molecule has 1 aromatic carbocycles. The number of nitrogens with one attached hydrogen (secondary N) is 2. The molecule has 160 valence electrons. The van der Waals surface area contributed by atoms with Gasteiger partial charge in [0.2, 0.25) is 0 Å². The molecule has 0 fully saturated rings. The molecule has 0 aliphatic heterocycles. The molecule has 0 unspecified atom stereocenters. The van der Waals surface area contributed by atoms with Crippen molar-refractivity contribution >= 4 is 34.5 Å². The maximum absolute atomic E-state index is 12.4. The Labute approximate surface area is 180 Å². The Morgan fingerprint density at radius 2 is 2.07 bits per heavy atom. The van der Waals surface area contributed by atoms with Crippen LogP contribution in [0.15, 0.2) is 35.6 Å². The van der Waals surface area contributed by atoms with Crippen LogP contribution < -0.4 is 10.6 Å². The molecular formula is C21H28N6O2S. The summed E-state index contributed by atoms with van der Waals surface area (Å²) in [6.45, 7) is 6.27. The Hall–Kier alpha value is -2.65. The molecule has 1 amide bonds. The summed E-state index contributed by atoms with van der Waals surface area (Å²) >= 11 is 1.62. The van der Waals surface area contributed by atoms with E-state index in [1.165, 1.54) is 0 Å². The van der Waals surface area contributed by atoms with Crippen molar-refractivity contribution in [2.45, 2.75) is 32.0 Å². The first-order valence-electron chi connectivity index (χ1n) is 10.1. The summed E-state index contributed by atoms with van der Waals surface area (Å²) < 4.78 is 6.94. The smallest absolute Gasteiger partial charge is 0.251 e. The van der Waals surface area contributed by atoms with Crippen LogP contribution in [0, 0.1) is 6.92 Å². The molecule has 3 aromatic rings. The minimum atomic E-state index is -0.0831. The fourth-order valence-corrected chi connectivity index (χ4v) is 3.65. The van der Waals surface area contributed by atoms with Crippen LogP contribution in [0.1, 0.15) is 29.3 Å². The van der Waals surface area contributed by atoms with E-state index in [2.05, 4.69) is 27.6 Å². The first kappa shape index (κ1) is 22.0. The third-order valence-corrected chi connectivity index (χ3v) is 5.56. The molecule has 3 rings (SSSR count). The average molecular weight is 429 g/mol. The molecule has 0 aliphatic carbocycles. The third kappa shape index (κ3) is 5.48. The molecule has 9 heteroatoms. The fraction of sp³-hybridized carbons (Fsp3) is 0.429. The summed E-state index contributed by atoms with van der Waals surface area (Å²) in [5, 5.41) is 12.3. The second kappa shape index (κ2) is 10.9. The topological polar surface area (TPSA) is 94.0 Å². The number of aromatic nitrogens is 4. The highest BCUT2D eigenvalue weighted by atomic mass is 32.2. The number of anilines is 1.